The number of hydrogen-bond acceptors (Lipinski definition) is 2. The molecule has 0 aliphatic carbocycles. The Kier molecular flexibility index (Phi) is 4.70. The fraction of sp³-hybridized carbons (Fsp3) is 0.0625. The minimum absolute atomic E-state index is 0.371. The average molecular weight is 269 g/mol. The second-order valence-electron chi connectivity index (χ2n) is 4.08. The summed E-state index contributed by atoms with van der Waals surface area (Å²) < 4.78 is 5.74. The van der Waals surface area contributed by atoms with Gasteiger partial charge in [-0.2, -0.15) is 0 Å². The summed E-state index contributed by atoms with van der Waals surface area (Å²) in [6, 6.07) is 17.9. The zero-order valence-electron chi connectivity index (χ0n) is 10.5. The minimum Gasteiger partial charge on any atom is -0.489 e. The van der Waals surface area contributed by atoms with E-state index in [0.29, 0.717) is 11.6 Å². The van der Waals surface area contributed by atoms with E-state index in [0.717, 1.165) is 16.9 Å². The lowest BCUT2D eigenvalue weighted by Gasteiger charge is -2.06. The summed E-state index contributed by atoms with van der Waals surface area (Å²) in [7, 11) is 0. The second kappa shape index (κ2) is 6.71. The highest BCUT2D eigenvalue weighted by atomic mass is 32.1. The number of benzene rings is 2. The van der Waals surface area contributed by atoms with Crippen molar-refractivity contribution in [2.75, 3.05) is 0 Å². The predicted molar refractivity (Wildman–Crippen MR) is 83.0 cm³/mol. The first-order chi connectivity index (χ1) is 9.24. The van der Waals surface area contributed by atoms with Crippen molar-refractivity contribution >= 4 is 23.3 Å². The van der Waals surface area contributed by atoms with Crippen molar-refractivity contribution in [2.45, 2.75) is 6.61 Å². The van der Waals surface area contributed by atoms with Crippen molar-refractivity contribution < 1.29 is 4.74 Å². The van der Waals surface area contributed by atoms with Gasteiger partial charge < -0.3 is 10.5 Å². The van der Waals surface area contributed by atoms with E-state index in [4.69, 9.17) is 22.7 Å². The number of nitrogens with two attached hydrogens (primary N) is 1. The molecule has 2 aromatic carbocycles. The molecular formula is C16H15NOS. The fourth-order valence-corrected chi connectivity index (χ4v) is 1.70. The molecule has 19 heavy (non-hydrogen) atoms. The van der Waals surface area contributed by atoms with Gasteiger partial charge in [0.2, 0.25) is 0 Å². The third-order valence-corrected chi connectivity index (χ3v) is 2.68. The highest BCUT2D eigenvalue weighted by Crippen LogP contribution is 2.16. The molecule has 0 heterocycles. The van der Waals surface area contributed by atoms with Crippen LogP contribution >= 0.6 is 12.2 Å². The van der Waals surface area contributed by atoms with Gasteiger partial charge in [-0.05, 0) is 29.3 Å². The van der Waals surface area contributed by atoms with Gasteiger partial charge in [-0.3, -0.25) is 0 Å². The van der Waals surface area contributed by atoms with E-state index in [-0.39, 0.29) is 0 Å². The number of thiocarbonyl (C=S) groups is 1. The number of rotatable bonds is 5. The molecule has 2 rings (SSSR count). The van der Waals surface area contributed by atoms with E-state index >= 15 is 0 Å². The average Bonchev–Trinajstić information content (AvgIpc) is 2.44. The lowest BCUT2D eigenvalue weighted by Crippen LogP contribution is -2.01. The van der Waals surface area contributed by atoms with Crippen molar-refractivity contribution in [3.8, 4) is 5.75 Å². The van der Waals surface area contributed by atoms with Crippen LogP contribution in [0.3, 0.4) is 0 Å². The van der Waals surface area contributed by atoms with E-state index in [1.165, 1.54) is 0 Å². The Labute approximate surface area is 118 Å². The molecule has 96 valence electrons. The van der Waals surface area contributed by atoms with Crippen molar-refractivity contribution in [1.82, 2.24) is 0 Å². The summed E-state index contributed by atoms with van der Waals surface area (Å²) in [5.41, 5.74) is 7.58. The smallest absolute Gasteiger partial charge is 0.120 e. The maximum absolute atomic E-state index is 5.74. The Morgan fingerprint density at radius 3 is 2.63 bits per heavy atom. The van der Waals surface area contributed by atoms with Crippen molar-refractivity contribution in [3.63, 3.8) is 0 Å². The van der Waals surface area contributed by atoms with Gasteiger partial charge >= 0.3 is 0 Å². The molecule has 0 amide bonds. The summed E-state index contributed by atoms with van der Waals surface area (Å²) in [4.78, 5) is 0.371. The molecule has 0 radical (unpaired) electrons. The minimum atomic E-state index is 0.371. The van der Waals surface area contributed by atoms with Crippen molar-refractivity contribution in [1.29, 1.82) is 0 Å². The molecule has 0 saturated heterocycles. The van der Waals surface area contributed by atoms with Crippen LogP contribution in [-0.4, -0.2) is 4.99 Å². The molecular weight excluding hydrogens is 254 g/mol. The van der Waals surface area contributed by atoms with Crippen molar-refractivity contribution in [2.24, 2.45) is 5.73 Å². The lowest BCUT2D eigenvalue weighted by atomic mass is 10.2. The van der Waals surface area contributed by atoms with Crippen LogP contribution in [-0.2, 0) is 6.61 Å². The van der Waals surface area contributed by atoms with E-state index in [9.17, 15) is 0 Å². The predicted octanol–water partition coefficient (Wildman–Crippen LogP) is 3.56. The van der Waals surface area contributed by atoms with Crippen LogP contribution < -0.4 is 10.5 Å². The third-order valence-electron chi connectivity index (χ3n) is 2.55. The molecule has 0 aliphatic rings. The Hall–Kier alpha value is -2.13. The van der Waals surface area contributed by atoms with E-state index in [2.05, 4.69) is 0 Å². The van der Waals surface area contributed by atoms with Gasteiger partial charge in [0.25, 0.3) is 0 Å². The Balaban J connectivity index is 2.01. The molecule has 2 N–H and O–H groups in total. The largest absolute Gasteiger partial charge is 0.489 e. The van der Waals surface area contributed by atoms with Crippen LogP contribution in [0.25, 0.3) is 6.08 Å². The number of hydrogen-bond donors (Lipinski definition) is 1. The van der Waals surface area contributed by atoms with Crippen LogP contribution in [0.1, 0.15) is 11.1 Å². The summed E-state index contributed by atoms with van der Waals surface area (Å²) in [5.74, 6) is 0.828. The molecule has 2 nitrogen and oxygen atoms in total. The molecule has 0 saturated carbocycles. The number of ether oxygens (including phenoxy) is 1. The molecule has 0 aliphatic heterocycles. The molecule has 3 heteroatoms. The summed E-state index contributed by atoms with van der Waals surface area (Å²) in [6.07, 6.45) is 3.57. The first kappa shape index (κ1) is 13.3. The molecule has 0 atom stereocenters. The van der Waals surface area contributed by atoms with Crippen LogP contribution in [0.2, 0.25) is 0 Å². The zero-order valence-corrected chi connectivity index (χ0v) is 11.3. The van der Waals surface area contributed by atoms with Crippen LogP contribution in [0.15, 0.2) is 60.7 Å². The van der Waals surface area contributed by atoms with Gasteiger partial charge in [-0.25, -0.2) is 0 Å². The highest BCUT2D eigenvalue weighted by molar-refractivity contribution is 7.80. The Morgan fingerprint density at radius 1 is 1.11 bits per heavy atom. The van der Waals surface area contributed by atoms with E-state index in [1.54, 1.807) is 6.08 Å². The standard InChI is InChI=1S/C16H15NOS/c17-16(19)10-9-13-7-4-8-15(11-13)18-12-14-5-2-1-3-6-14/h1-11H,12H2,(H2,17,19)/b10-9-. The van der Waals surface area contributed by atoms with E-state index in [1.807, 2.05) is 60.7 Å². The Morgan fingerprint density at radius 2 is 1.89 bits per heavy atom. The molecule has 2 aromatic rings. The first-order valence-corrected chi connectivity index (χ1v) is 6.39. The molecule has 0 unspecified atom stereocenters. The van der Waals surface area contributed by atoms with Gasteiger partial charge in [0.1, 0.15) is 12.4 Å². The third kappa shape index (κ3) is 4.56. The quantitative estimate of drug-likeness (QED) is 0.666. The molecule has 0 fully saturated rings. The zero-order chi connectivity index (χ0) is 13.5. The van der Waals surface area contributed by atoms with Gasteiger partial charge in [-0.15, -0.1) is 0 Å². The van der Waals surface area contributed by atoms with E-state index < -0.39 is 0 Å². The molecule has 0 bridgehead atoms. The van der Waals surface area contributed by atoms with Crippen LogP contribution in [0.5, 0.6) is 5.75 Å². The van der Waals surface area contributed by atoms with Crippen LogP contribution in [0.4, 0.5) is 0 Å². The van der Waals surface area contributed by atoms with Crippen molar-refractivity contribution in [3.05, 3.63) is 71.8 Å². The lowest BCUT2D eigenvalue weighted by molar-refractivity contribution is 0.306. The van der Waals surface area contributed by atoms with Gasteiger partial charge in [0.05, 0.1) is 4.99 Å². The van der Waals surface area contributed by atoms with Gasteiger partial charge in [0, 0.05) is 0 Å². The maximum Gasteiger partial charge on any atom is 0.120 e. The SMILES string of the molecule is NC(=S)/C=C\c1cccc(OCc2ccccc2)c1. The summed E-state index contributed by atoms with van der Waals surface area (Å²) in [6.45, 7) is 0.559. The molecule has 0 spiro atoms. The fourth-order valence-electron chi connectivity index (χ4n) is 1.63. The van der Waals surface area contributed by atoms with Crippen LogP contribution in [0, 0.1) is 0 Å². The van der Waals surface area contributed by atoms with Gasteiger partial charge in [-0.1, -0.05) is 60.8 Å². The second-order valence-corrected chi connectivity index (χ2v) is 4.55. The topological polar surface area (TPSA) is 35.2 Å². The Bertz CT molecular complexity index is 578. The maximum atomic E-state index is 5.74. The van der Waals surface area contributed by atoms with Gasteiger partial charge in [0.15, 0.2) is 0 Å². The monoisotopic (exact) mass is 269 g/mol. The molecule has 0 aromatic heterocycles. The summed E-state index contributed by atoms with van der Waals surface area (Å²) in [5, 5.41) is 0. The normalized spacial score (nSPS) is 10.5. The summed E-state index contributed by atoms with van der Waals surface area (Å²) >= 11 is 4.80. The first-order valence-electron chi connectivity index (χ1n) is 5.98. The highest BCUT2D eigenvalue weighted by Gasteiger charge is 1.96.